The largest absolute Gasteiger partial charge is 0.490 e. The molecular formula is C20H36O5Si3. The zero-order valence-electron chi connectivity index (χ0n) is 18.8. The van der Waals surface area contributed by atoms with Gasteiger partial charge in [-0.25, -0.2) is 0 Å². The van der Waals surface area contributed by atoms with Crippen molar-refractivity contribution in [1.29, 1.82) is 0 Å². The molecule has 1 aromatic carbocycles. The molecule has 0 aliphatic heterocycles. The van der Waals surface area contributed by atoms with E-state index in [0.29, 0.717) is 17.9 Å². The summed E-state index contributed by atoms with van der Waals surface area (Å²) < 4.78 is 24.4. The van der Waals surface area contributed by atoms with Gasteiger partial charge < -0.3 is 17.4 Å². The summed E-state index contributed by atoms with van der Waals surface area (Å²) in [6, 6.07) is 7.08. The van der Waals surface area contributed by atoms with Gasteiger partial charge in [0, 0.05) is 5.56 Å². The molecule has 0 saturated heterocycles. The molecule has 5 nitrogen and oxygen atoms in total. The van der Waals surface area contributed by atoms with Crippen molar-refractivity contribution >= 4 is 31.2 Å². The van der Waals surface area contributed by atoms with Gasteiger partial charge in [-0.3, -0.25) is 4.79 Å². The summed E-state index contributed by atoms with van der Waals surface area (Å²) >= 11 is 0. The quantitative estimate of drug-likeness (QED) is 0.258. The fourth-order valence-electron chi connectivity index (χ4n) is 3.24. The van der Waals surface area contributed by atoms with E-state index >= 15 is 0 Å². The van der Waals surface area contributed by atoms with Crippen LogP contribution in [-0.2, 0) is 12.7 Å². The van der Waals surface area contributed by atoms with E-state index in [0.717, 1.165) is 0 Å². The zero-order valence-corrected chi connectivity index (χ0v) is 21.8. The second kappa shape index (κ2) is 9.19. The van der Waals surface area contributed by atoms with Crippen molar-refractivity contribution < 1.29 is 22.2 Å². The third kappa shape index (κ3) is 8.54. The van der Waals surface area contributed by atoms with E-state index in [2.05, 4.69) is 26.2 Å². The second-order valence-corrected chi connectivity index (χ2v) is 20.8. The van der Waals surface area contributed by atoms with Crippen LogP contribution in [0.5, 0.6) is 5.75 Å². The lowest BCUT2D eigenvalue weighted by molar-refractivity contribution is 0.0465. The third-order valence-corrected chi connectivity index (χ3v) is 12.9. The van der Waals surface area contributed by atoms with Gasteiger partial charge in [0.2, 0.25) is 0 Å². The molecule has 1 rings (SSSR count). The minimum absolute atomic E-state index is 0.0856. The summed E-state index contributed by atoms with van der Waals surface area (Å²) in [5.74, 6) is 0.613. The van der Waals surface area contributed by atoms with Gasteiger partial charge in [-0.05, 0) is 83.9 Å². The standard InChI is InChI=1S/C20H36O5Si3/c1-11-16-22-18-14-12-17(13-15-18)19(21)20(2,3)23-27(7,8)25-28(9,10)24-26(4,5)6/h11-15H,1,16H2,2-10H3. The number of carbonyl (C=O) groups excluding carboxylic acids is 1. The van der Waals surface area contributed by atoms with Gasteiger partial charge in [0.15, 0.2) is 14.1 Å². The topological polar surface area (TPSA) is 54.0 Å². The van der Waals surface area contributed by atoms with Crippen LogP contribution in [0.1, 0.15) is 24.2 Å². The Morgan fingerprint density at radius 1 is 0.964 bits per heavy atom. The highest BCUT2D eigenvalue weighted by molar-refractivity contribution is 6.86. The predicted octanol–water partition coefficient (Wildman–Crippen LogP) is 5.50. The Morgan fingerprint density at radius 2 is 1.50 bits per heavy atom. The molecule has 0 aliphatic carbocycles. The molecule has 0 N–H and O–H groups in total. The van der Waals surface area contributed by atoms with Gasteiger partial charge >= 0.3 is 17.1 Å². The fourth-order valence-corrected chi connectivity index (χ4v) is 15.9. The molecule has 0 spiro atoms. The van der Waals surface area contributed by atoms with Crippen LogP contribution in [-0.4, -0.2) is 43.4 Å². The molecular weight excluding hydrogens is 404 g/mol. The molecule has 0 atom stereocenters. The molecule has 1 aromatic rings. The highest BCUT2D eigenvalue weighted by atomic mass is 28.5. The molecule has 0 saturated carbocycles. The van der Waals surface area contributed by atoms with Crippen LogP contribution < -0.4 is 4.74 Å². The number of hydrogen-bond acceptors (Lipinski definition) is 5. The van der Waals surface area contributed by atoms with Gasteiger partial charge in [0.05, 0.1) is 0 Å². The van der Waals surface area contributed by atoms with Crippen LogP contribution in [0.2, 0.25) is 45.8 Å². The summed E-state index contributed by atoms with van der Waals surface area (Å²) in [7, 11) is -6.66. The van der Waals surface area contributed by atoms with Crippen molar-refractivity contribution in [3.63, 3.8) is 0 Å². The monoisotopic (exact) mass is 440 g/mol. The average Bonchev–Trinajstić information content (AvgIpc) is 2.47. The summed E-state index contributed by atoms with van der Waals surface area (Å²) in [6.07, 6.45) is 1.68. The minimum atomic E-state index is -2.60. The van der Waals surface area contributed by atoms with Gasteiger partial charge in [-0.2, -0.15) is 0 Å². The molecule has 158 valence electrons. The van der Waals surface area contributed by atoms with Crippen LogP contribution in [0.25, 0.3) is 0 Å². The fraction of sp³-hybridized carbons (Fsp3) is 0.550. The summed E-state index contributed by atoms with van der Waals surface area (Å²) in [5, 5.41) is 0. The maximum atomic E-state index is 13.0. The Kier molecular flexibility index (Phi) is 8.20. The normalized spacial score (nSPS) is 13.3. The Labute approximate surface area is 173 Å². The number of carbonyl (C=O) groups is 1. The third-order valence-electron chi connectivity index (χ3n) is 3.58. The summed E-state index contributed by atoms with van der Waals surface area (Å²) in [4.78, 5) is 13.0. The van der Waals surface area contributed by atoms with E-state index in [1.54, 1.807) is 44.2 Å². The van der Waals surface area contributed by atoms with Crippen LogP contribution in [0.4, 0.5) is 0 Å². The first-order valence-corrected chi connectivity index (χ1v) is 18.6. The Bertz CT molecular complexity index is 676. The van der Waals surface area contributed by atoms with Crippen molar-refractivity contribution in [3.05, 3.63) is 42.5 Å². The molecule has 0 bridgehead atoms. The lowest BCUT2D eigenvalue weighted by Crippen LogP contribution is -2.56. The van der Waals surface area contributed by atoms with Gasteiger partial charge in [-0.15, -0.1) is 0 Å². The minimum Gasteiger partial charge on any atom is -0.490 e. The second-order valence-electron chi connectivity index (χ2n) is 9.18. The van der Waals surface area contributed by atoms with Crippen molar-refractivity contribution in [2.75, 3.05) is 6.61 Å². The number of rotatable bonds is 11. The van der Waals surface area contributed by atoms with Crippen molar-refractivity contribution in [3.8, 4) is 5.75 Å². The Morgan fingerprint density at radius 3 is 1.96 bits per heavy atom. The average molecular weight is 441 g/mol. The van der Waals surface area contributed by atoms with E-state index in [1.807, 2.05) is 26.2 Å². The first kappa shape index (κ1) is 25.0. The first-order valence-electron chi connectivity index (χ1n) is 9.56. The number of Topliss-reactive ketones (excluding diaryl/α,β-unsaturated/α-hetero) is 1. The van der Waals surface area contributed by atoms with Gasteiger partial charge in [0.1, 0.15) is 18.0 Å². The molecule has 0 radical (unpaired) electrons. The molecule has 0 amide bonds. The molecule has 0 aromatic heterocycles. The van der Waals surface area contributed by atoms with E-state index in [4.69, 9.17) is 17.4 Å². The Balaban J connectivity index is 2.87. The van der Waals surface area contributed by atoms with E-state index in [-0.39, 0.29) is 5.78 Å². The first-order chi connectivity index (χ1) is 12.6. The highest BCUT2D eigenvalue weighted by Crippen LogP contribution is 2.27. The van der Waals surface area contributed by atoms with Gasteiger partial charge in [-0.1, -0.05) is 12.7 Å². The van der Waals surface area contributed by atoms with Crippen LogP contribution in [0.15, 0.2) is 36.9 Å². The SMILES string of the molecule is C=CCOc1ccc(C(=O)C(C)(C)O[Si](C)(C)O[Si](C)(C)O[Si](C)(C)C)cc1. The lowest BCUT2D eigenvalue weighted by Gasteiger charge is -2.40. The summed E-state index contributed by atoms with van der Waals surface area (Å²) in [6.45, 7) is 22.1. The van der Waals surface area contributed by atoms with Crippen LogP contribution >= 0.6 is 0 Å². The number of benzene rings is 1. The molecule has 0 heterocycles. The summed E-state index contributed by atoms with van der Waals surface area (Å²) in [5.41, 5.74) is -0.418. The lowest BCUT2D eigenvalue weighted by atomic mass is 9.97. The number of ketones is 1. The molecule has 0 unspecified atom stereocenters. The molecule has 8 heteroatoms. The molecule has 0 fully saturated rings. The maximum absolute atomic E-state index is 13.0. The Hall–Kier alpha value is -1.04. The zero-order chi connectivity index (χ0) is 21.8. The predicted molar refractivity (Wildman–Crippen MR) is 122 cm³/mol. The van der Waals surface area contributed by atoms with Crippen LogP contribution in [0.3, 0.4) is 0 Å². The van der Waals surface area contributed by atoms with E-state index in [9.17, 15) is 4.79 Å². The van der Waals surface area contributed by atoms with E-state index < -0.39 is 31.0 Å². The van der Waals surface area contributed by atoms with Crippen molar-refractivity contribution in [2.45, 2.75) is 65.3 Å². The maximum Gasteiger partial charge on any atom is 0.323 e. The number of ether oxygens (including phenoxy) is 1. The van der Waals surface area contributed by atoms with Crippen molar-refractivity contribution in [1.82, 2.24) is 0 Å². The number of hydrogen-bond donors (Lipinski definition) is 0. The smallest absolute Gasteiger partial charge is 0.323 e. The van der Waals surface area contributed by atoms with Crippen molar-refractivity contribution in [2.24, 2.45) is 0 Å². The van der Waals surface area contributed by atoms with E-state index in [1.165, 1.54) is 0 Å². The highest BCUT2D eigenvalue weighted by Gasteiger charge is 2.44. The molecule has 28 heavy (non-hydrogen) atoms. The molecule has 0 aliphatic rings. The van der Waals surface area contributed by atoms with Gasteiger partial charge in [0.25, 0.3) is 0 Å². The van der Waals surface area contributed by atoms with Crippen LogP contribution in [0, 0.1) is 0 Å².